The van der Waals surface area contributed by atoms with Crippen LogP contribution in [-0.2, 0) is 0 Å². The van der Waals surface area contributed by atoms with Gasteiger partial charge in [0.1, 0.15) is 5.69 Å². The molecule has 5 heteroatoms. The fourth-order valence-electron chi connectivity index (χ4n) is 3.21. The van der Waals surface area contributed by atoms with Gasteiger partial charge < -0.3 is 15.5 Å². The number of benzene rings is 2. The number of anilines is 3. The van der Waals surface area contributed by atoms with Crippen molar-refractivity contribution in [3.8, 4) is 0 Å². The molecule has 3 rings (SSSR count). The van der Waals surface area contributed by atoms with Crippen LogP contribution in [0.25, 0.3) is 0 Å². The SMILES string of the molecule is CCN(CC)c1ccc(Nc2ccc(C(=O)NC(C)c3ccccc3)nc2)cc1. The monoisotopic (exact) mass is 388 g/mol. The lowest BCUT2D eigenvalue weighted by Crippen LogP contribution is -2.27. The normalized spacial score (nSPS) is 11.6. The van der Waals surface area contributed by atoms with Gasteiger partial charge in [0, 0.05) is 24.5 Å². The molecule has 0 saturated heterocycles. The summed E-state index contributed by atoms with van der Waals surface area (Å²) >= 11 is 0. The molecular formula is C24H28N4O. The largest absolute Gasteiger partial charge is 0.372 e. The third kappa shape index (κ3) is 5.35. The number of nitrogens with zero attached hydrogens (tertiary/aromatic N) is 2. The van der Waals surface area contributed by atoms with Gasteiger partial charge in [-0.15, -0.1) is 0 Å². The predicted molar refractivity (Wildman–Crippen MR) is 120 cm³/mol. The highest BCUT2D eigenvalue weighted by molar-refractivity contribution is 5.92. The van der Waals surface area contributed by atoms with E-state index in [2.05, 4.69) is 58.6 Å². The molecule has 0 radical (unpaired) electrons. The van der Waals surface area contributed by atoms with Crippen LogP contribution in [0.15, 0.2) is 72.9 Å². The second kappa shape index (κ2) is 9.73. The number of hydrogen-bond acceptors (Lipinski definition) is 4. The zero-order chi connectivity index (χ0) is 20.6. The van der Waals surface area contributed by atoms with Crippen LogP contribution in [0.2, 0.25) is 0 Å². The quantitative estimate of drug-likeness (QED) is 0.559. The minimum absolute atomic E-state index is 0.0763. The summed E-state index contributed by atoms with van der Waals surface area (Å²) in [5.41, 5.74) is 4.49. The molecule has 3 aromatic rings. The molecule has 1 heterocycles. The summed E-state index contributed by atoms with van der Waals surface area (Å²) in [6.07, 6.45) is 1.68. The van der Waals surface area contributed by atoms with Gasteiger partial charge in [-0.2, -0.15) is 0 Å². The van der Waals surface area contributed by atoms with Crippen molar-refractivity contribution < 1.29 is 4.79 Å². The van der Waals surface area contributed by atoms with Crippen LogP contribution in [0, 0.1) is 0 Å². The zero-order valence-electron chi connectivity index (χ0n) is 17.2. The van der Waals surface area contributed by atoms with E-state index in [-0.39, 0.29) is 11.9 Å². The average Bonchev–Trinajstić information content (AvgIpc) is 2.77. The summed E-state index contributed by atoms with van der Waals surface area (Å²) in [4.78, 5) is 19.1. The second-order valence-corrected chi connectivity index (χ2v) is 6.88. The molecule has 0 fully saturated rings. The number of aromatic nitrogens is 1. The molecule has 2 N–H and O–H groups in total. The van der Waals surface area contributed by atoms with Crippen LogP contribution in [0.5, 0.6) is 0 Å². The van der Waals surface area contributed by atoms with Gasteiger partial charge >= 0.3 is 0 Å². The number of pyridine rings is 1. The van der Waals surface area contributed by atoms with E-state index in [0.29, 0.717) is 5.69 Å². The van der Waals surface area contributed by atoms with Gasteiger partial charge in [0.25, 0.3) is 5.91 Å². The lowest BCUT2D eigenvalue weighted by atomic mass is 10.1. The van der Waals surface area contributed by atoms with E-state index in [4.69, 9.17) is 0 Å². The minimum Gasteiger partial charge on any atom is -0.372 e. The molecule has 0 aliphatic heterocycles. The Balaban J connectivity index is 1.60. The lowest BCUT2D eigenvalue weighted by Gasteiger charge is -2.21. The van der Waals surface area contributed by atoms with E-state index in [1.165, 1.54) is 5.69 Å². The number of carbonyl (C=O) groups excluding carboxylic acids is 1. The summed E-state index contributed by atoms with van der Waals surface area (Å²) < 4.78 is 0. The number of carbonyl (C=O) groups is 1. The maximum Gasteiger partial charge on any atom is 0.270 e. The highest BCUT2D eigenvalue weighted by atomic mass is 16.1. The zero-order valence-corrected chi connectivity index (χ0v) is 17.2. The maximum atomic E-state index is 12.5. The lowest BCUT2D eigenvalue weighted by molar-refractivity contribution is 0.0935. The first-order valence-electron chi connectivity index (χ1n) is 10.0. The molecule has 2 aromatic carbocycles. The van der Waals surface area contributed by atoms with Gasteiger partial charge in [0.15, 0.2) is 0 Å². The standard InChI is InChI=1S/C24H28N4O/c1-4-28(5-2)22-14-11-20(12-15-22)27-21-13-16-23(25-17-21)24(29)26-18(3)19-9-7-6-8-10-19/h6-18,27H,4-5H2,1-3H3,(H,26,29). The van der Waals surface area contributed by atoms with Crippen LogP contribution >= 0.6 is 0 Å². The molecule has 0 spiro atoms. The topological polar surface area (TPSA) is 57.3 Å². The Hall–Kier alpha value is -3.34. The van der Waals surface area contributed by atoms with Gasteiger partial charge in [-0.1, -0.05) is 30.3 Å². The average molecular weight is 389 g/mol. The van der Waals surface area contributed by atoms with Crippen LogP contribution < -0.4 is 15.5 Å². The smallest absolute Gasteiger partial charge is 0.270 e. The van der Waals surface area contributed by atoms with Crippen LogP contribution in [0.4, 0.5) is 17.1 Å². The fourth-order valence-corrected chi connectivity index (χ4v) is 3.21. The van der Waals surface area contributed by atoms with Crippen LogP contribution in [0.3, 0.4) is 0 Å². The van der Waals surface area contributed by atoms with E-state index >= 15 is 0 Å². The molecule has 1 unspecified atom stereocenters. The maximum absolute atomic E-state index is 12.5. The Morgan fingerprint density at radius 2 is 1.59 bits per heavy atom. The van der Waals surface area contributed by atoms with Crippen molar-refractivity contribution in [1.82, 2.24) is 10.3 Å². The molecule has 1 aromatic heterocycles. The summed E-state index contributed by atoms with van der Waals surface area (Å²) in [5.74, 6) is -0.184. The number of hydrogen-bond donors (Lipinski definition) is 2. The summed E-state index contributed by atoms with van der Waals surface area (Å²) in [7, 11) is 0. The summed E-state index contributed by atoms with van der Waals surface area (Å²) in [6.45, 7) is 8.24. The number of amides is 1. The molecule has 0 saturated carbocycles. The van der Waals surface area contributed by atoms with E-state index in [1.54, 1.807) is 12.3 Å². The molecular weight excluding hydrogens is 360 g/mol. The predicted octanol–water partition coefficient (Wildman–Crippen LogP) is 5.16. The van der Waals surface area contributed by atoms with Gasteiger partial charge in [0.2, 0.25) is 0 Å². The van der Waals surface area contributed by atoms with Crippen molar-refractivity contribution >= 4 is 23.0 Å². The Morgan fingerprint density at radius 1 is 0.931 bits per heavy atom. The van der Waals surface area contributed by atoms with Crippen molar-refractivity contribution in [3.05, 3.63) is 84.2 Å². The van der Waals surface area contributed by atoms with E-state index in [0.717, 1.165) is 30.0 Å². The number of rotatable bonds is 8. The number of nitrogens with one attached hydrogen (secondary N) is 2. The third-order valence-electron chi connectivity index (χ3n) is 4.93. The molecule has 5 nitrogen and oxygen atoms in total. The molecule has 150 valence electrons. The molecule has 0 aliphatic carbocycles. The molecule has 1 atom stereocenters. The second-order valence-electron chi connectivity index (χ2n) is 6.88. The third-order valence-corrected chi connectivity index (χ3v) is 4.93. The van der Waals surface area contributed by atoms with Crippen molar-refractivity contribution in [2.24, 2.45) is 0 Å². The fraction of sp³-hybridized carbons (Fsp3) is 0.250. The summed E-state index contributed by atoms with van der Waals surface area (Å²) in [5, 5.41) is 6.31. The van der Waals surface area contributed by atoms with Gasteiger partial charge in [-0.25, -0.2) is 4.98 Å². The van der Waals surface area contributed by atoms with Crippen molar-refractivity contribution in [1.29, 1.82) is 0 Å². The molecule has 0 aliphatic rings. The first-order chi connectivity index (χ1) is 14.1. The first kappa shape index (κ1) is 20.4. The van der Waals surface area contributed by atoms with Crippen LogP contribution in [0.1, 0.15) is 42.9 Å². The van der Waals surface area contributed by atoms with Gasteiger partial charge in [-0.3, -0.25) is 4.79 Å². The van der Waals surface area contributed by atoms with Crippen molar-refractivity contribution in [3.63, 3.8) is 0 Å². The minimum atomic E-state index is -0.184. The van der Waals surface area contributed by atoms with E-state index in [1.807, 2.05) is 43.3 Å². The van der Waals surface area contributed by atoms with Gasteiger partial charge in [0.05, 0.1) is 17.9 Å². The molecule has 1 amide bonds. The highest BCUT2D eigenvalue weighted by Gasteiger charge is 2.12. The Kier molecular flexibility index (Phi) is 6.85. The summed E-state index contributed by atoms with van der Waals surface area (Å²) in [6, 6.07) is 21.7. The molecule has 29 heavy (non-hydrogen) atoms. The van der Waals surface area contributed by atoms with Gasteiger partial charge in [-0.05, 0) is 62.7 Å². The Labute approximate surface area is 172 Å². The Morgan fingerprint density at radius 3 is 2.17 bits per heavy atom. The van der Waals surface area contributed by atoms with E-state index < -0.39 is 0 Å². The Bertz CT molecular complexity index is 904. The van der Waals surface area contributed by atoms with Crippen LogP contribution in [-0.4, -0.2) is 24.0 Å². The van der Waals surface area contributed by atoms with Crippen molar-refractivity contribution in [2.45, 2.75) is 26.8 Å². The van der Waals surface area contributed by atoms with Crippen molar-refractivity contribution in [2.75, 3.05) is 23.3 Å². The first-order valence-corrected chi connectivity index (χ1v) is 10.0. The molecule has 0 bridgehead atoms. The van der Waals surface area contributed by atoms with E-state index in [9.17, 15) is 4.79 Å². The highest BCUT2D eigenvalue weighted by Crippen LogP contribution is 2.21.